The summed E-state index contributed by atoms with van der Waals surface area (Å²) in [4.78, 5) is 21.4. The second-order valence-corrected chi connectivity index (χ2v) is 3.66. The van der Waals surface area contributed by atoms with Gasteiger partial charge in [0.15, 0.2) is 0 Å². The van der Waals surface area contributed by atoms with Gasteiger partial charge < -0.3 is 10.3 Å². The first-order chi connectivity index (χ1) is 7.70. The molecule has 82 valence electrons. The highest BCUT2D eigenvalue weighted by molar-refractivity contribution is 5.87. The number of rotatable bonds is 4. The predicted octanol–water partition coefficient (Wildman–Crippen LogP) is 1.33. The van der Waals surface area contributed by atoms with Crippen LogP contribution in [-0.4, -0.2) is 16.8 Å². The van der Waals surface area contributed by atoms with Crippen LogP contribution in [0.1, 0.15) is 16.8 Å². The van der Waals surface area contributed by atoms with E-state index in [1.54, 1.807) is 6.07 Å². The van der Waals surface area contributed by atoms with Crippen molar-refractivity contribution in [3.63, 3.8) is 0 Å². The summed E-state index contributed by atoms with van der Waals surface area (Å²) in [5, 5.41) is 1.05. The molecular formula is C12H12N2O2. The van der Waals surface area contributed by atoms with Gasteiger partial charge in [0, 0.05) is 30.2 Å². The molecule has 0 bridgehead atoms. The summed E-state index contributed by atoms with van der Waals surface area (Å²) < 4.78 is 1.92. The molecule has 1 heterocycles. The number of benzene rings is 1. The fourth-order valence-corrected chi connectivity index (χ4v) is 1.70. The van der Waals surface area contributed by atoms with Crippen molar-refractivity contribution in [3.8, 4) is 0 Å². The third kappa shape index (κ3) is 1.95. The van der Waals surface area contributed by atoms with E-state index in [-0.39, 0.29) is 5.91 Å². The second kappa shape index (κ2) is 4.18. The van der Waals surface area contributed by atoms with Crippen LogP contribution in [0.5, 0.6) is 0 Å². The first-order valence-corrected chi connectivity index (χ1v) is 5.03. The van der Waals surface area contributed by atoms with Crippen molar-refractivity contribution in [1.29, 1.82) is 0 Å². The molecule has 1 aromatic carbocycles. The maximum absolute atomic E-state index is 10.7. The molecule has 0 aliphatic carbocycles. The van der Waals surface area contributed by atoms with Gasteiger partial charge in [0.05, 0.1) is 0 Å². The SMILES string of the molecule is NC(=O)CCn1ccc2ccc(C=O)cc21. The standard InChI is InChI=1S/C12H12N2O2/c13-12(16)4-6-14-5-3-10-2-1-9(8-15)7-11(10)14/h1-3,5,7-8H,4,6H2,(H2,13,16). The minimum Gasteiger partial charge on any atom is -0.370 e. The molecule has 1 aromatic heterocycles. The Morgan fingerprint density at radius 2 is 2.19 bits per heavy atom. The van der Waals surface area contributed by atoms with Gasteiger partial charge in [-0.3, -0.25) is 9.59 Å². The maximum Gasteiger partial charge on any atom is 0.219 e. The number of hydrogen-bond acceptors (Lipinski definition) is 2. The van der Waals surface area contributed by atoms with Crippen LogP contribution in [0.15, 0.2) is 30.5 Å². The number of hydrogen-bond donors (Lipinski definition) is 1. The Kier molecular flexibility index (Phi) is 2.72. The zero-order valence-corrected chi connectivity index (χ0v) is 8.72. The van der Waals surface area contributed by atoms with Gasteiger partial charge in [0.2, 0.25) is 5.91 Å². The van der Waals surface area contributed by atoms with Crippen LogP contribution < -0.4 is 5.73 Å². The molecule has 16 heavy (non-hydrogen) atoms. The summed E-state index contributed by atoms with van der Waals surface area (Å²) >= 11 is 0. The zero-order valence-electron chi connectivity index (χ0n) is 8.72. The molecule has 2 N–H and O–H groups in total. The number of nitrogens with two attached hydrogens (primary N) is 1. The number of carbonyl (C=O) groups is 2. The molecule has 0 aliphatic rings. The lowest BCUT2D eigenvalue weighted by Crippen LogP contribution is -2.13. The third-order valence-corrected chi connectivity index (χ3v) is 2.53. The van der Waals surface area contributed by atoms with Crippen molar-refractivity contribution < 1.29 is 9.59 Å². The Labute approximate surface area is 92.7 Å². The largest absolute Gasteiger partial charge is 0.370 e. The Balaban J connectivity index is 2.37. The number of primary amides is 1. The summed E-state index contributed by atoms with van der Waals surface area (Å²) in [5.41, 5.74) is 6.68. The summed E-state index contributed by atoms with van der Waals surface area (Å²) in [5.74, 6) is -0.326. The number of fused-ring (bicyclic) bond motifs is 1. The van der Waals surface area contributed by atoms with E-state index < -0.39 is 0 Å². The molecule has 4 nitrogen and oxygen atoms in total. The molecule has 4 heteroatoms. The van der Waals surface area contributed by atoms with Gasteiger partial charge in [-0.05, 0) is 17.5 Å². The van der Waals surface area contributed by atoms with Crippen LogP contribution in [0.3, 0.4) is 0 Å². The van der Waals surface area contributed by atoms with Crippen LogP contribution in [0.25, 0.3) is 10.9 Å². The molecule has 0 unspecified atom stereocenters. The van der Waals surface area contributed by atoms with E-state index in [1.807, 2.05) is 29.0 Å². The lowest BCUT2D eigenvalue weighted by atomic mass is 10.2. The Bertz CT molecular complexity index is 543. The van der Waals surface area contributed by atoms with Gasteiger partial charge in [0.1, 0.15) is 6.29 Å². The van der Waals surface area contributed by atoms with E-state index in [9.17, 15) is 9.59 Å². The summed E-state index contributed by atoms with van der Waals surface area (Å²) in [6.45, 7) is 0.543. The number of carbonyl (C=O) groups excluding carboxylic acids is 2. The predicted molar refractivity (Wildman–Crippen MR) is 61.1 cm³/mol. The number of aryl methyl sites for hydroxylation is 1. The molecule has 0 atom stereocenters. The number of aldehydes is 1. The second-order valence-electron chi connectivity index (χ2n) is 3.66. The smallest absolute Gasteiger partial charge is 0.219 e. The van der Waals surface area contributed by atoms with Gasteiger partial charge >= 0.3 is 0 Å². The molecule has 0 saturated heterocycles. The number of aromatic nitrogens is 1. The fraction of sp³-hybridized carbons (Fsp3) is 0.167. The van der Waals surface area contributed by atoms with E-state index in [1.165, 1.54) is 0 Å². The summed E-state index contributed by atoms with van der Waals surface area (Å²) in [6.07, 6.45) is 3.00. The van der Waals surface area contributed by atoms with Crippen molar-refractivity contribution in [2.75, 3.05) is 0 Å². The minimum absolute atomic E-state index is 0.301. The van der Waals surface area contributed by atoms with Crippen LogP contribution in [-0.2, 0) is 11.3 Å². The van der Waals surface area contributed by atoms with Crippen LogP contribution >= 0.6 is 0 Å². The topological polar surface area (TPSA) is 65.1 Å². The van der Waals surface area contributed by atoms with Gasteiger partial charge in [-0.2, -0.15) is 0 Å². The molecule has 1 amide bonds. The average Bonchev–Trinajstić information content (AvgIpc) is 2.68. The molecule has 2 rings (SSSR count). The van der Waals surface area contributed by atoms with E-state index >= 15 is 0 Å². The lowest BCUT2D eigenvalue weighted by molar-refractivity contribution is -0.118. The molecule has 0 radical (unpaired) electrons. The normalized spacial score (nSPS) is 10.5. The van der Waals surface area contributed by atoms with E-state index in [0.717, 1.165) is 17.2 Å². The highest BCUT2D eigenvalue weighted by atomic mass is 16.1. The van der Waals surface area contributed by atoms with Crippen molar-refractivity contribution in [3.05, 3.63) is 36.0 Å². The summed E-state index contributed by atoms with van der Waals surface area (Å²) in [6, 6.07) is 7.42. The zero-order chi connectivity index (χ0) is 11.5. The van der Waals surface area contributed by atoms with Crippen LogP contribution in [0, 0.1) is 0 Å². The minimum atomic E-state index is -0.326. The first kappa shape index (κ1) is 10.4. The molecule has 0 fully saturated rings. The van der Waals surface area contributed by atoms with E-state index in [2.05, 4.69) is 0 Å². The first-order valence-electron chi connectivity index (χ1n) is 5.03. The van der Waals surface area contributed by atoms with Crippen LogP contribution in [0.2, 0.25) is 0 Å². The van der Waals surface area contributed by atoms with Crippen molar-refractivity contribution >= 4 is 23.1 Å². The highest BCUT2D eigenvalue weighted by Crippen LogP contribution is 2.17. The molecule has 0 aliphatic heterocycles. The molecule has 0 spiro atoms. The summed E-state index contributed by atoms with van der Waals surface area (Å²) in [7, 11) is 0. The Hall–Kier alpha value is -2.10. The monoisotopic (exact) mass is 216 g/mol. The van der Waals surface area contributed by atoms with Crippen molar-refractivity contribution in [2.24, 2.45) is 5.73 Å². The van der Waals surface area contributed by atoms with Crippen molar-refractivity contribution in [2.45, 2.75) is 13.0 Å². The van der Waals surface area contributed by atoms with Gasteiger partial charge in [0.25, 0.3) is 0 Å². The Morgan fingerprint density at radius 3 is 2.88 bits per heavy atom. The molecule has 2 aromatic rings. The average molecular weight is 216 g/mol. The van der Waals surface area contributed by atoms with E-state index in [0.29, 0.717) is 18.5 Å². The van der Waals surface area contributed by atoms with Crippen LogP contribution in [0.4, 0.5) is 0 Å². The quantitative estimate of drug-likeness (QED) is 0.783. The van der Waals surface area contributed by atoms with Gasteiger partial charge in [-0.1, -0.05) is 12.1 Å². The van der Waals surface area contributed by atoms with E-state index in [4.69, 9.17) is 5.73 Å². The number of nitrogens with zero attached hydrogens (tertiary/aromatic N) is 1. The Morgan fingerprint density at radius 1 is 1.38 bits per heavy atom. The lowest BCUT2D eigenvalue weighted by Gasteiger charge is -2.03. The fourth-order valence-electron chi connectivity index (χ4n) is 1.70. The third-order valence-electron chi connectivity index (χ3n) is 2.53. The van der Waals surface area contributed by atoms with Gasteiger partial charge in [-0.25, -0.2) is 0 Å². The highest BCUT2D eigenvalue weighted by Gasteiger charge is 2.03. The maximum atomic E-state index is 10.7. The van der Waals surface area contributed by atoms with Gasteiger partial charge in [-0.15, -0.1) is 0 Å². The molecule has 0 saturated carbocycles. The number of amides is 1. The molecular weight excluding hydrogens is 204 g/mol. The van der Waals surface area contributed by atoms with Crippen molar-refractivity contribution in [1.82, 2.24) is 4.57 Å².